The van der Waals surface area contributed by atoms with Gasteiger partial charge in [-0.3, -0.25) is 5.41 Å². The van der Waals surface area contributed by atoms with Gasteiger partial charge in [-0.25, -0.2) is 0 Å². The molecule has 0 aromatic heterocycles. The summed E-state index contributed by atoms with van der Waals surface area (Å²) in [4.78, 5) is 0. The number of nitrogens with one attached hydrogen (secondary N) is 1. The highest BCUT2D eigenvalue weighted by atomic mass is 16.5. The lowest BCUT2D eigenvalue weighted by molar-refractivity contribution is 0.492. The van der Waals surface area contributed by atoms with Gasteiger partial charge >= 0.3 is 0 Å². The molecule has 15 heavy (non-hydrogen) atoms. The summed E-state index contributed by atoms with van der Waals surface area (Å²) in [6, 6.07) is 7.64. The van der Waals surface area contributed by atoms with E-state index in [1.54, 1.807) is 0 Å². The lowest BCUT2D eigenvalue weighted by atomic mass is 10.1. The standard InChI is InChI=1S/C12H16N2O/c1-3-5-11(15-12(13)14)10-7-4-6-9(2)8-10/h4-8H,3H2,1-2H3,(H3,13,14)/b11-5+. The van der Waals surface area contributed by atoms with E-state index in [-0.39, 0.29) is 6.02 Å². The zero-order valence-corrected chi connectivity index (χ0v) is 9.08. The van der Waals surface area contributed by atoms with E-state index < -0.39 is 0 Å². The van der Waals surface area contributed by atoms with Crippen molar-refractivity contribution in [3.63, 3.8) is 0 Å². The van der Waals surface area contributed by atoms with Crippen LogP contribution < -0.4 is 5.73 Å². The van der Waals surface area contributed by atoms with Gasteiger partial charge in [0.25, 0.3) is 6.02 Å². The van der Waals surface area contributed by atoms with Crippen molar-refractivity contribution in [2.45, 2.75) is 20.3 Å². The first-order valence-corrected chi connectivity index (χ1v) is 4.92. The summed E-state index contributed by atoms with van der Waals surface area (Å²) in [6.45, 7) is 4.03. The van der Waals surface area contributed by atoms with Gasteiger partial charge in [0.15, 0.2) is 0 Å². The molecule has 3 nitrogen and oxygen atoms in total. The molecule has 0 aliphatic heterocycles. The molecule has 0 saturated carbocycles. The molecule has 0 atom stereocenters. The van der Waals surface area contributed by atoms with Gasteiger partial charge in [0, 0.05) is 5.56 Å². The number of ether oxygens (including phenoxy) is 1. The number of aryl methyl sites for hydroxylation is 1. The van der Waals surface area contributed by atoms with Crippen molar-refractivity contribution in [1.82, 2.24) is 0 Å². The van der Waals surface area contributed by atoms with Crippen molar-refractivity contribution < 1.29 is 4.74 Å². The van der Waals surface area contributed by atoms with Crippen LogP contribution in [-0.2, 0) is 4.74 Å². The van der Waals surface area contributed by atoms with Crippen LogP contribution in [0.5, 0.6) is 0 Å². The molecule has 0 bridgehead atoms. The molecule has 3 N–H and O–H groups in total. The Morgan fingerprint density at radius 1 is 1.53 bits per heavy atom. The Bertz CT molecular complexity index is 383. The van der Waals surface area contributed by atoms with Gasteiger partial charge in [-0.2, -0.15) is 0 Å². The number of allylic oxidation sites excluding steroid dienone is 1. The van der Waals surface area contributed by atoms with Crippen LogP contribution in [0.3, 0.4) is 0 Å². The number of benzene rings is 1. The normalized spacial score (nSPS) is 11.2. The fraction of sp³-hybridized carbons (Fsp3) is 0.250. The van der Waals surface area contributed by atoms with E-state index in [1.807, 2.05) is 44.2 Å². The van der Waals surface area contributed by atoms with Crippen molar-refractivity contribution in [1.29, 1.82) is 5.41 Å². The maximum Gasteiger partial charge on any atom is 0.284 e. The van der Waals surface area contributed by atoms with Gasteiger partial charge in [0.1, 0.15) is 5.76 Å². The molecule has 0 radical (unpaired) electrons. The smallest absolute Gasteiger partial charge is 0.284 e. The second-order valence-electron chi connectivity index (χ2n) is 3.31. The number of amidine groups is 1. The van der Waals surface area contributed by atoms with Crippen LogP contribution in [-0.4, -0.2) is 6.02 Å². The molecule has 0 aliphatic carbocycles. The number of hydrogen-bond acceptors (Lipinski definition) is 2. The van der Waals surface area contributed by atoms with Gasteiger partial charge in [0.05, 0.1) is 0 Å². The first kappa shape index (κ1) is 11.3. The predicted molar refractivity (Wildman–Crippen MR) is 62.4 cm³/mol. The summed E-state index contributed by atoms with van der Waals surface area (Å²) >= 11 is 0. The Labute approximate surface area is 90.1 Å². The highest BCUT2D eigenvalue weighted by Crippen LogP contribution is 2.17. The number of rotatable bonds is 3. The Balaban J connectivity index is 2.99. The van der Waals surface area contributed by atoms with Crippen LogP contribution in [0.1, 0.15) is 24.5 Å². The Morgan fingerprint density at radius 2 is 2.27 bits per heavy atom. The minimum absolute atomic E-state index is 0.281. The Kier molecular flexibility index (Phi) is 3.92. The molecular formula is C12H16N2O. The average molecular weight is 204 g/mol. The average Bonchev–Trinajstić information content (AvgIpc) is 2.16. The molecule has 1 aromatic rings. The molecule has 0 heterocycles. The molecular weight excluding hydrogens is 188 g/mol. The van der Waals surface area contributed by atoms with Crippen LogP contribution in [0.2, 0.25) is 0 Å². The van der Waals surface area contributed by atoms with Gasteiger partial charge in [-0.05, 0) is 25.5 Å². The summed E-state index contributed by atoms with van der Waals surface area (Å²) in [5, 5.41) is 7.12. The minimum Gasteiger partial charge on any atom is -0.426 e. The number of nitrogens with two attached hydrogens (primary N) is 1. The van der Waals surface area contributed by atoms with Crippen LogP contribution >= 0.6 is 0 Å². The Hall–Kier alpha value is -1.77. The summed E-state index contributed by atoms with van der Waals surface area (Å²) in [5.41, 5.74) is 7.32. The molecule has 80 valence electrons. The maximum absolute atomic E-state index is 7.12. The summed E-state index contributed by atoms with van der Waals surface area (Å²) in [7, 11) is 0. The van der Waals surface area contributed by atoms with Gasteiger partial charge in [0.2, 0.25) is 0 Å². The van der Waals surface area contributed by atoms with Gasteiger partial charge in [-0.15, -0.1) is 0 Å². The lowest BCUT2D eigenvalue weighted by Crippen LogP contribution is -2.13. The largest absolute Gasteiger partial charge is 0.426 e. The zero-order valence-electron chi connectivity index (χ0n) is 9.08. The van der Waals surface area contributed by atoms with Crippen molar-refractivity contribution in [3.05, 3.63) is 41.5 Å². The first-order chi connectivity index (χ1) is 7.13. The van der Waals surface area contributed by atoms with E-state index in [0.29, 0.717) is 5.76 Å². The van der Waals surface area contributed by atoms with Crippen molar-refractivity contribution in [2.75, 3.05) is 0 Å². The second kappa shape index (κ2) is 5.20. The highest BCUT2D eigenvalue weighted by Gasteiger charge is 2.03. The van der Waals surface area contributed by atoms with E-state index in [4.69, 9.17) is 15.9 Å². The van der Waals surface area contributed by atoms with E-state index >= 15 is 0 Å². The van der Waals surface area contributed by atoms with Gasteiger partial charge in [-0.1, -0.05) is 30.7 Å². The maximum atomic E-state index is 7.12. The SMILES string of the molecule is CC/C=C(/OC(=N)N)c1cccc(C)c1. The van der Waals surface area contributed by atoms with E-state index in [2.05, 4.69) is 0 Å². The molecule has 0 saturated heterocycles. The van der Waals surface area contributed by atoms with Crippen molar-refractivity contribution in [3.8, 4) is 0 Å². The summed E-state index contributed by atoms with van der Waals surface area (Å²) in [5.74, 6) is 0.647. The summed E-state index contributed by atoms with van der Waals surface area (Å²) in [6.07, 6.45) is 2.76. The van der Waals surface area contributed by atoms with E-state index in [9.17, 15) is 0 Å². The topological polar surface area (TPSA) is 59.1 Å². The van der Waals surface area contributed by atoms with E-state index in [0.717, 1.165) is 17.5 Å². The monoisotopic (exact) mass is 204 g/mol. The second-order valence-corrected chi connectivity index (χ2v) is 3.31. The third kappa shape index (κ3) is 3.46. The quantitative estimate of drug-likeness (QED) is 0.451. The highest BCUT2D eigenvalue weighted by molar-refractivity contribution is 5.77. The van der Waals surface area contributed by atoms with Crippen LogP contribution in [0.15, 0.2) is 30.3 Å². The van der Waals surface area contributed by atoms with Crippen LogP contribution in [0.4, 0.5) is 0 Å². The molecule has 0 unspecified atom stereocenters. The van der Waals surface area contributed by atoms with Crippen molar-refractivity contribution >= 4 is 11.8 Å². The molecule has 3 heteroatoms. The minimum atomic E-state index is -0.281. The lowest BCUT2D eigenvalue weighted by Gasteiger charge is -2.08. The predicted octanol–water partition coefficient (Wildman–Crippen LogP) is 2.66. The molecule has 1 rings (SSSR count). The third-order valence-corrected chi connectivity index (χ3v) is 1.91. The zero-order chi connectivity index (χ0) is 11.3. The fourth-order valence-corrected chi connectivity index (χ4v) is 1.32. The molecule has 0 aliphatic rings. The fourth-order valence-electron chi connectivity index (χ4n) is 1.32. The van der Waals surface area contributed by atoms with Crippen LogP contribution in [0.25, 0.3) is 5.76 Å². The van der Waals surface area contributed by atoms with Gasteiger partial charge < -0.3 is 10.5 Å². The van der Waals surface area contributed by atoms with Crippen LogP contribution in [0, 0.1) is 12.3 Å². The molecule has 0 fully saturated rings. The third-order valence-electron chi connectivity index (χ3n) is 1.91. The molecule has 1 aromatic carbocycles. The number of hydrogen-bond donors (Lipinski definition) is 2. The summed E-state index contributed by atoms with van der Waals surface area (Å²) < 4.78 is 5.15. The van der Waals surface area contributed by atoms with Crippen molar-refractivity contribution in [2.24, 2.45) is 5.73 Å². The molecule has 0 amide bonds. The molecule has 0 spiro atoms. The first-order valence-electron chi connectivity index (χ1n) is 4.92. The Morgan fingerprint density at radius 3 is 2.80 bits per heavy atom. The van der Waals surface area contributed by atoms with E-state index in [1.165, 1.54) is 0 Å².